The van der Waals surface area contributed by atoms with E-state index in [1.807, 2.05) is 41.5 Å². The Morgan fingerprint density at radius 1 is 0.647 bits per heavy atom. The van der Waals surface area contributed by atoms with Crippen LogP contribution in [0, 0.1) is 0 Å². The maximum Gasteiger partial charge on any atom is 0.164 e. The highest BCUT2D eigenvalue weighted by Crippen LogP contribution is 2.21. The lowest BCUT2D eigenvalue weighted by Crippen LogP contribution is -2.53. The predicted molar refractivity (Wildman–Crippen MR) is 71.9 cm³/mol. The van der Waals surface area contributed by atoms with Crippen LogP contribution in [-0.4, -0.2) is 46.8 Å². The second kappa shape index (κ2) is 8.21. The average Bonchev–Trinajstić information content (AvgIpc) is 2.17. The molecule has 0 aliphatic rings. The topological polar surface area (TPSA) is 36.9 Å². The molecule has 0 fully saturated rings. The van der Waals surface area contributed by atoms with Crippen LogP contribution in [0.3, 0.4) is 0 Å². The van der Waals surface area contributed by atoms with Crippen LogP contribution in [0.1, 0.15) is 41.5 Å². The first-order valence-corrected chi connectivity index (χ1v) is 7.92. The van der Waals surface area contributed by atoms with E-state index in [2.05, 4.69) is 0 Å². The predicted octanol–water partition coefficient (Wildman–Crippen LogP) is 1.65. The van der Waals surface area contributed by atoms with E-state index in [1.54, 1.807) is 0 Å². The van der Waals surface area contributed by atoms with Crippen LogP contribution in [0.5, 0.6) is 0 Å². The minimum atomic E-state index is -0.886. The molecule has 0 saturated carbocycles. The van der Waals surface area contributed by atoms with Crippen molar-refractivity contribution in [3.05, 3.63) is 0 Å². The van der Waals surface area contributed by atoms with Crippen molar-refractivity contribution in [1.82, 2.24) is 0 Å². The lowest BCUT2D eigenvalue weighted by molar-refractivity contribution is -0.199. The van der Waals surface area contributed by atoms with Crippen LogP contribution in [-0.2, 0) is 18.9 Å². The fourth-order valence-corrected chi connectivity index (χ4v) is 4.48. The lowest BCUT2D eigenvalue weighted by Gasteiger charge is -2.38. The summed E-state index contributed by atoms with van der Waals surface area (Å²) in [7, 11) is -0.886. The summed E-state index contributed by atoms with van der Waals surface area (Å²) in [6.07, 6.45) is 0. The van der Waals surface area contributed by atoms with Gasteiger partial charge in [0.2, 0.25) is 0 Å². The molecule has 0 aliphatic heterocycles. The van der Waals surface area contributed by atoms with Crippen molar-refractivity contribution in [2.75, 3.05) is 26.4 Å². The van der Waals surface area contributed by atoms with Gasteiger partial charge in [-0.2, -0.15) is 0 Å². The highest BCUT2D eigenvalue weighted by molar-refractivity contribution is 6.42. The molecule has 4 nitrogen and oxygen atoms in total. The van der Waals surface area contributed by atoms with E-state index in [0.717, 1.165) is 0 Å². The molecule has 0 aromatic carbocycles. The smallest absolute Gasteiger partial charge is 0.164 e. The Kier molecular flexibility index (Phi) is 8.24. The van der Waals surface area contributed by atoms with Crippen LogP contribution in [0.25, 0.3) is 0 Å². The molecule has 0 N–H and O–H groups in total. The summed E-state index contributed by atoms with van der Waals surface area (Å²) < 4.78 is 23.0. The third kappa shape index (κ3) is 6.52. The number of rotatable bonds is 10. The lowest BCUT2D eigenvalue weighted by atomic mass is 10.6. The van der Waals surface area contributed by atoms with Crippen molar-refractivity contribution in [3.63, 3.8) is 0 Å². The largest absolute Gasteiger partial charge is 0.355 e. The number of hydrogen-bond acceptors (Lipinski definition) is 4. The summed E-state index contributed by atoms with van der Waals surface area (Å²) in [6.45, 7) is 14.4. The van der Waals surface area contributed by atoms with Gasteiger partial charge in [-0.3, -0.25) is 0 Å². The zero-order valence-corrected chi connectivity index (χ0v) is 13.6. The molecule has 0 amide bonds. The van der Waals surface area contributed by atoms with Gasteiger partial charge in [0, 0.05) is 26.4 Å². The van der Waals surface area contributed by atoms with E-state index in [1.165, 1.54) is 0 Å². The summed E-state index contributed by atoms with van der Waals surface area (Å²) in [5.41, 5.74) is -1.05. The third-order valence-corrected chi connectivity index (χ3v) is 4.54. The molecule has 0 aromatic rings. The first kappa shape index (κ1) is 17.1. The first-order chi connectivity index (χ1) is 7.95. The summed E-state index contributed by atoms with van der Waals surface area (Å²) in [4.78, 5) is 0. The van der Waals surface area contributed by atoms with Crippen molar-refractivity contribution < 1.29 is 18.9 Å². The summed E-state index contributed by atoms with van der Waals surface area (Å²) in [5.74, 6) is 0. The van der Waals surface area contributed by atoms with Crippen LogP contribution >= 0.6 is 0 Å². The maximum atomic E-state index is 5.74. The highest BCUT2D eigenvalue weighted by atomic mass is 28.2. The van der Waals surface area contributed by atoms with Gasteiger partial charge in [-0.1, -0.05) is 0 Å². The minimum Gasteiger partial charge on any atom is -0.355 e. The van der Waals surface area contributed by atoms with Crippen LogP contribution in [0.15, 0.2) is 0 Å². The molecule has 0 aromatic heterocycles. The molecule has 0 rings (SSSR count). The Balaban J connectivity index is 4.65. The second-order valence-corrected chi connectivity index (χ2v) is 7.10. The third-order valence-electron chi connectivity index (χ3n) is 2.44. The number of ether oxygens (including phenoxy) is 4. The molecule has 0 spiro atoms. The molecule has 0 heterocycles. The van der Waals surface area contributed by atoms with Gasteiger partial charge < -0.3 is 18.9 Å². The normalized spacial score (nSPS) is 13.1. The average molecular weight is 264 g/mol. The Morgan fingerprint density at radius 3 is 1.06 bits per heavy atom. The van der Waals surface area contributed by atoms with Crippen LogP contribution < -0.4 is 0 Å². The van der Waals surface area contributed by atoms with Crippen LogP contribution in [0.4, 0.5) is 0 Å². The quantitative estimate of drug-likeness (QED) is 0.444. The zero-order valence-electron chi connectivity index (χ0n) is 12.2. The Labute approximate surface area is 108 Å². The molecule has 0 saturated heterocycles. The van der Waals surface area contributed by atoms with Crippen molar-refractivity contribution in [1.29, 1.82) is 0 Å². The summed E-state index contributed by atoms with van der Waals surface area (Å²) >= 11 is 0. The Morgan fingerprint density at radius 2 is 0.882 bits per heavy atom. The van der Waals surface area contributed by atoms with E-state index < -0.39 is 20.3 Å². The fraction of sp³-hybridized carbons (Fsp3) is 1.00. The molecule has 0 aliphatic carbocycles. The van der Waals surface area contributed by atoms with Gasteiger partial charge in [0.25, 0.3) is 0 Å². The zero-order chi connectivity index (χ0) is 13.4. The molecule has 5 heteroatoms. The van der Waals surface area contributed by atoms with Gasteiger partial charge in [0.15, 0.2) is 9.52 Å². The van der Waals surface area contributed by atoms with Gasteiger partial charge in [0.1, 0.15) is 10.8 Å². The molecule has 104 valence electrons. The monoisotopic (exact) mass is 264 g/mol. The van der Waals surface area contributed by atoms with Gasteiger partial charge in [-0.05, 0) is 41.5 Å². The molecule has 17 heavy (non-hydrogen) atoms. The van der Waals surface area contributed by atoms with E-state index in [0.29, 0.717) is 26.4 Å². The molecule has 0 radical (unpaired) electrons. The molecular formula is C12H28O4Si. The van der Waals surface area contributed by atoms with Crippen LogP contribution in [0.2, 0.25) is 0 Å². The van der Waals surface area contributed by atoms with Crippen molar-refractivity contribution in [2.45, 2.75) is 52.4 Å². The van der Waals surface area contributed by atoms with E-state index >= 15 is 0 Å². The van der Waals surface area contributed by atoms with Crippen molar-refractivity contribution in [2.24, 2.45) is 0 Å². The molecule has 0 bridgehead atoms. The highest BCUT2D eigenvalue weighted by Gasteiger charge is 2.38. The second-order valence-electron chi connectivity index (χ2n) is 4.18. The van der Waals surface area contributed by atoms with Gasteiger partial charge in [-0.15, -0.1) is 0 Å². The Hall–Kier alpha value is 0.0569. The van der Waals surface area contributed by atoms with E-state index in [9.17, 15) is 0 Å². The van der Waals surface area contributed by atoms with Gasteiger partial charge in [0.05, 0.1) is 0 Å². The van der Waals surface area contributed by atoms with Crippen molar-refractivity contribution >= 4 is 9.52 Å². The fourth-order valence-electron chi connectivity index (χ4n) is 2.09. The Bertz CT molecular complexity index is 167. The summed E-state index contributed by atoms with van der Waals surface area (Å²) in [5, 5.41) is 0. The van der Waals surface area contributed by atoms with Gasteiger partial charge in [-0.25, -0.2) is 0 Å². The molecule has 0 unspecified atom stereocenters. The molecular weight excluding hydrogens is 236 g/mol. The van der Waals surface area contributed by atoms with Crippen molar-refractivity contribution in [3.8, 4) is 0 Å². The summed E-state index contributed by atoms with van der Waals surface area (Å²) in [6, 6.07) is 0. The number of hydrogen-bond donors (Lipinski definition) is 0. The maximum absolute atomic E-state index is 5.74. The molecule has 0 atom stereocenters. The SMILES string of the molecule is CCOC(C)(OCC)[SiH2]C(C)(OCC)OCC. The first-order valence-electron chi connectivity index (χ1n) is 6.51. The van der Waals surface area contributed by atoms with Gasteiger partial charge >= 0.3 is 0 Å². The minimum absolute atomic E-state index is 0.525. The van der Waals surface area contributed by atoms with E-state index in [4.69, 9.17) is 18.9 Å². The van der Waals surface area contributed by atoms with E-state index in [-0.39, 0.29) is 0 Å². The standard InChI is InChI=1S/C12H28O4Si/c1-7-13-11(5,14-8-2)17-12(6,15-9-3)16-10-4/h7-10,17H2,1-6H3.